The molecule has 1 N–H and O–H groups in total. The van der Waals surface area contributed by atoms with Crippen molar-refractivity contribution >= 4 is 68.4 Å². The van der Waals surface area contributed by atoms with E-state index in [1.165, 1.54) is 30.2 Å². The molecule has 0 aromatic heterocycles. The van der Waals surface area contributed by atoms with Crippen LogP contribution in [0.2, 0.25) is 0 Å². The van der Waals surface area contributed by atoms with E-state index in [2.05, 4.69) is 15.9 Å². The number of alkyl halides is 2. The van der Waals surface area contributed by atoms with Crippen LogP contribution in [0.15, 0.2) is 52.5 Å². The van der Waals surface area contributed by atoms with E-state index in [1.807, 2.05) is 0 Å². The summed E-state index contributed by atoms with van der Waals surface area (Å²) in [5.74, 6) is -6.53. The molecule has 41 heavy (non-hydrogen) atoms. The first-order chi connectivity index (χ1) is 19.4. The zero-order valence-electron chi connectivity index (χ0n) is 21.9. The van der Waals surface area contributed by atoms with Gasteiger partial charge in [0.05, 0.1) is 24.6 Å². The molecule has 2 aliphatic heterocycles. The lowest BCUT2D eigenvalue weighted by atomic mass is 9.56. The Morgan fingerprint density at radius 1 is 1.07 bits per heavy atom. The summed E-state index contributed by atoms with van der Waals surface area (Å²) >= 11 is 18.0. The Balaban J connectivity index is 1.61. The summed E-state index contributed by atoms with van der Waals surface area (Å²) < 4.78 is 19.6. The molecule has 0 spiro atoms. The zero-order valence-corrected chi connectivity index (χ0v) is 25.0. The fraction of sp³-hybridized carbons (Fsp3) is 0.379. The number of carbonyl (C=O) groups is 4. The van der Waals surface area contributed by atoms with Crippen molar-refractivity contribution < 1.29 is 33.4 Å². The van der Waals surface area contributed by atoms with Gasteiger partial charge in [-0.25, -0.2) is 9.29 Å². The maximum Gasteiger partial charge on any atom is 0.258 e. The van der Waals surface area contributed by atoms with Crippen molar-refractivity contribution in [3.8, 4) is 11.5 Å². The molecular weight excluding hydrogens is 642 g/mol. The first-order valence-electron chi connectivity index (χ1n) is 13.0. The van der Waals surface area contributed by atoms with Crippen LogP contribution in [0.25, 0.3) is 0 Å². The lowest BCUT2D eigenvalue weighted by molar-refractivity contribution is -0.140. The molecule has 6 rings (SSSR count). The number of allylic oxidation sites excluding steroid dienone is 2. The second kappa shape index (κ2) is 9.54. The number of imide groups is 2. The summed E-state index contributed by atoms with van der Waals surface area (Å²) in [5, 5.41) is 11.3. The maximum atomic E-state index is 14.3. The topological polar surface area (TPSA) is 104 Å². The Kier molecular flexibility index (Phi) is 6.56. The molecule has 4 aliphatic rings. The molecule has 2 aromatic carbocycles. The third-order valence-corrected chi connectivity index (χ3v) is 10.8. The first-order valence-corrected chi connectivity index (χ1v) is 14.6. The van der Waals surface area contributed by atoms with Gasteiger partial charge < -0.3 is 9.84 Å². The van der Waals surface area contributed by atoms with Crippen LogP contribution in [-0.2, 0) is 19.2 Å². The van der Waals surface area contributed by atoms with Gasteiger partial charge in [-0.2, -0.15) is 0 Å². The zero-order chi connectivity index (χ0) is 29.6. The molecule has 8 nitrogen and oxygen atoms in total. The van der Waals surface area contributed by atoms with Crippen LogP contribution < -0.4 is 9.64 Å². The lowest BCUT2D eigenvalue weighted by Crippen LogP contribution is -2.60. The monoisotopic (exact) mass is 664 g/mol. The number of hydrogen-bond acceptors (Lipinski definition) is 6. The number of aromatic hydroxyl groups is 1. The van der Waals surface area contributed by atoms with Crippen LogP contribution in [0.5, 0.6) is 11.5 Å². The summed E-state index contributed by atoms with van der Waals surface area (Å²) in [7, 11) is 1.37. The van der Waals surface area contributed by atoms with Gasteiger partial charge in [0, 0.05) is 22.5 Å². The molecule has 6 unspecified atom stereocenters. The molecule has 2 aliphatic carbocycles. The number of likely N-dealkylation sites (tertiary alicyclic amines) is 1. The van der Waals surface area contributed by atoms with Crippen molar-refractivity contribution in [2.24, 2.45) is 17.8 Å². The number of carbonyl (C=O) groups excluding carboxylic acids is 4. The Hall–Kier alpha value is -2.95. The van der Waals surface area contributed by atoms with Crippen LogP contribution in [0.3, 0.4) is 0 Å². The number of halogens is 4. The van der Waals surface area contributed by atoms with Gasteiger partial charge in [-0.15, -0.1) is 23.2 Å². The number of phenols is 1. The average molecular weight is 666 g/mol. The van der Waals surface area contributed by atoms with E-state index >= 15 is 0 Å². The van der Waals surface area contributed by atoms with Gasteiger partial charge in [-0.05, 0) is 62.1 Å². The van der Waals surface area contributed by atoms with Gasteiger partial charge in [0.2, 0.25) is 11.8 Å². The van der Waals surface area contributed by atoms with E-state index in [0.717, 1.165) is 17.0 Å². The summed E-state index contributed by atoms with van der Waals surface area (Å²) in [6.45, 7) is 1.91. The van der Waals surface area contributed by atoms with Crippen molar-refractivity contribution in [3.63, 3.8) is 0 Å². The predicted octanol–water partition coefficient (Wildman–Crippen LogP) is 4.89. The van der Waals surface area contributed by atoms with E-state index in [4.69, 9.17) is 27.9 Å². The highest BCUT2D eigenvalue weighted by Gasteiger charge is 2.77. The minimum Gasteiger partial charge on any atom is -0.504 e. The smallest absolute Gasteiger partial charge is 0.258 e. The van der Waals surface area contributed by atoms with E-state index in [0.29, 0.717) is 10.0 Å². The molecular formula is C29H24BrCl2FN2O6. The van der Waals surface area contributed by atoms with Gasteiger partial charge >= 0.3 is 0 Å². The van der Waals surface area contributed by atoms with E-state index in [1.54, 1.807) is 19.1 Å². The maximum absolute atomic E-state index is 14.3. The Bertz CT molecular complexity index is 1570. The van der Waals surface area contributed by atoms with Crippen molar-refractivity contribution in [2.45, 2.75) is 35.4 Å². The number of nitrogens with zero attached hydrogens (tertiary/aromatic N) is 2. The highest BCUT2D eigenvalue weighted by molar-refractivity contribution is 9.10. The second-order valence-corrected chi connectivity index (χ2v) is 12.9. The number of rotatable bonds is 4. The molecule has 2 saturated heterocycles. The molecule has 2 aromatic rings. The average Bonchev–Trinajstić information content (AvgIpc) is 3.28. The van der Waals surface area contributed by atoms with Crippen LogP contribution in [0.1, 0.15) is 31.2 Å². The summed E-state index contributed by atoms with van der Waals surface area (Å²) in [4.78, 5) is 53.0. The summed E-state index contributed by atoms with van der Waals surface area (Å²) in [6.07, 6.45) is 1.80. The number of fused-ring (bicyclic) bond motifs is 4. The summed E-state index contributed by atoms with van der Waals surface area (Å²) in [5.41, 5.74) is 0.774. The number of methoxy groups -OCH3 is 1. The molecule has 0 bridgehead atoms. The largest absolute Gasteiger partial charge is 0.504 e. The van der Waals surface area contributed by atoms with Gasteiger partial charge in [0.1, 0.15) is 5.82 Å². The third kappa shape index (κ3) is 3.63. The van der Waals surface area contributed by atoms with Gasteiger partial charge in [0.15, 0.2) is 21.2 Å². The number of benzene rings is 2. The number of amides is 4. The van der Waals surface area contributed by atoms with Crippen molar-refractivity contribution in [1.82, 2.24) is 4.90 Å². The molecule has 3 fully saturated rings. The minimum atomic E-state index is -2.16. The van der Waals surface area contributed by atoms with Gasteiger partial charge in [0.25, 0.3) is 11.8 Å². The Morgan fingerprint density at radius 2 is 1.76 bits per heavy atom. The number of anilines is 1. The second-order valence-electron chi connectivity index (χ2n) is 10.7. The molecule has 214 valence electrons. The van der Waals surface area contributed by atoms with E-state index in [-0.39, 0.29) is 54.0 Å². The predicted molar refractivity (Wildman–Crippen MR) is 151 cm³/mol. The molecule has 2 heterocycles. The van der Waals surface area contributed by atoms with Crippen LogP contribution in [0.4, 0.5) is 10.1 Å². The summed E-state index contributed by atoms with van der Waals surface area (Å²) in [6, 6.07) is 7.87. The fourth-order valence-corrected chi connectivity index (χ4v) is 8.47. The van der Waals surface area contributed by atoms with Gasteiger partial charge in [-0.1, -0.05) is 27.6 Å². The Labute approximate surface area is 253 Å². The molecule has 0 radical (unpaired) electrons. The van der Waals surface area contributed by atoms with E-state index < -0.39 is 51.1 Å². The highest BCUT2D eigenvalue weighted by atomic mass is 79.9. The molecule has 4 amide bonds. The standard InChI is InChI=1S/C29H24BrCl2FN2O6/c1-3-34-24(37)17-9-8-16-19(21(17)25(34)38)12-28(31)26(39)35(15-6-4-14(33)5-7-15)27(40)29(28,32)22(16)18-10-13(30)11-20(41-2)23(18)36/h4-8,10-11,17,19,21-22,36H,3,9,12H2,1-2H3. The van der Waals surface area contributed by atoms with Gasteiger partial charge in [-0.3, -0.25) is 24.1 Å². The van der Waals surface area contributed by atoms with Crippen molar-refractivity contribution in [1.29, 1.82) is 0 Å². The lowest BCUT2D eigenvalue weighted by Gasteiger charge is -2.50. The van der Waals surface area contributed by atoms with Crippen LogP contribution in [0, 0.1) is 23.6 Å². The number of hydrogen-bond donors (Lipinski definition) is 1. The van der Waals surface area contributed by atoms with E-state index in [9.17, 15) is 28.7 Å². The molecule has 6 atom stereocenters. The van der Waals surface area contributed by atoms with Crippen molar-refractivity contribution in [3.05, 3.63) is 63.9 Å². The molecule has 1 saturated carbocycles. The number of ether oxygens (including phenoxy) is 1. The normalized spacial score (nSPS) is 32.6. The van der Waals surface area contributed by atoms with Crippen molar-refractivity contribution in [2.75, 3.05) is 18.6 Å². The quantitative estimate of drug-likeness (QED) is 0.284. The number of phenolic OH excluding ortho intramolecular Hbond substituents is 1. The Morgan fingerprint density at radius 3 is 2.39 bits per heavy atom. The fourth-order valence-electron chi connectivity index (χ4n) is 7.09. The van der Waals surface area contributed by atoms with Crippen LogP contribution in [-0.4, -0.2) is 57.0 Å². The minimum absolute atomic E-state index is 0.0738. The first kappa shape index (κ1) is 28.2. The molecule has 12 heteroatoms. The SMILES string of the molecule is CCN1C(=O)C2CC=C3C(CC4(Cl)C(=O)N(c5ccc(F)cc5)C(=O)C4(Cl)C3c3cc(Br)cc(OC)c3O)C2C1=O. The third-order valence-electron chi connectivity index (χ3n) is 8.90. The van der Waals surface area contributed by atoms with Crippen LogP contribution >= 0.6 is 39.1 Å². The highest BCUT2D eigenvalue weighted by Crippen LogP contribution is 2.67.